The van der Waals surface area contributed by atoms with Crippen molar-refractivity contribution in [3.05, 3.63) is 23.8 Å². The highest BCUT2D eigenvalue weighted by atomic mass is 16.5. The van der Waals surface area contributed by atoms with E-state index in [1.54, 1.807) is 31.3 Å². The first-order valence-corrected chi connectivity index (χ1v) is 7.91. The van der Waals surface area contributed by atoms with Gasteiger partial charge in [-0.25, -0.2) is 4.79 Å². The van der Waals surface area contributed by atoms with Gasteiger partial charge in [-0.3, -0.25) is 4.79 Å². The number of carbonyl (C=O) groups excluding carboxylic acids is 1. The first-order chi connectivity index (χ1) is 11.4. The Balaban J connectivity index is 1.98. The van der Waals surface area contributed by atoms with E-state index in [1.165, 1.54) is 0 Å². The molecule has 24 heavy (non-hydrogen) atoms. The number of carbonyl (C=O) groups is 2. The van der Waals surface area contributed by atoms with E-state index < -0.39 is 11.9 Å². The zero-order valence-corrected chi connectivity index (χ0v) is 14.2. The summed E-state index contributed by atoms with van der Waals surface area (Å²) in [5.74, 6) is 0.119. The summed E-state index contributed by atoms with van der Waals surface area (Å²) in [6, 6.07) is 5.13. The zero-order chi connectivity index (χ0) is 17.7. The average molecular weight is 336 g/mol. The van der Waals surface area contributed by atoms with Crippen LogP contribution in [0.15, 0.2) is 18.2 Å². The van der Waals surface area contributed by atoms with Gasteiger partial charge in [-0.15, -0.1) is 0 Å². The number of carboxylic acid groups (broad SMARTS) is 1. The number of hydrogen-bond acceptors (Lipinski definition) is 4. The lowest BCUT2D eigenvalue weighted by atomic mass is 9.91. The number of nitrogens with zero attached hydrogens (tertiary/aromatic N) is 1. The van der Waals surface area contributed by atoms with E-state index in [2.05, 4.69) is 5.32 Å². The van der Waals surface area contributed by atoms with Crippen LogP contribution >= 0.6 is 0 Å². The first-order valence-electron chi connectivity index (χ1n) is 7.91. The molecule has 0 aliphatic carbocycles. The second-order valence-corrected chi connectivity index (χ2v) is 6.12. The molecule has 2 amide bonds. The van der Waals surface area contributed by atoms with Crippen LogP contribution in [0.2, 0.25) is 0 Å². The SMILES string of the molecule is COc1ccc(CNC(=O)N2CC(C)CC(C(=O)O)C2)c(OC)c1. The van der Waals surface area contributed by atoms with Gasteiger partial charge in [0.2, 0.25) is 0 Å². The molecule has 2 unspecified atom stereocenters. The molecule has 0 aromatic heterocycles. The highest BCUT2D eigenvalue weighted by Gasteiger charge is 2.31. The molecule has 0 saturated carbocycles. The monoisotopic (exact) mass is 336 g/mol. The molecule has 1 aromatic carbocycles. The number of piperidine rings is 1. The fraction of sp³-hybridized carbons (Fsp3) is 0.529. The molecule has 1 aliphatic rings. The summed E-state index contributed by atoms with van der Waals surface area (Å²) < 4.78 is 10.5. The van der Waals surface area contributed by atoms with Crippen molar-refractivity contribution in [3.63, 3.8) is 0 Å². The van der Waals surface area contributed by atoms with Crippen molar-refractivity contribution in [3.8, 4) is 11.5 Å². The van der Waals surface area contributed by atoms with Crippen molar-refractivity contribution < 1.29 is 24.2 Å². The number of methoxy groups -OCH3 is 2. The first kappa shape index (κ1) is 17.9. The smallest absolute Gasteiger partial charge is 0.317 e. The van der Waals surface area contributed by atoms with E-state index in [4.69, 9.17) is 9.47 Å². The Kier molecular flexibility index (Phi) is 5.89. The Labute approximate surface area is 141 Å². The van der Waals surface area contributed by atoms with Crippen molar-refractivity contribution in [1.82, 2.24) is 10.2 Å². The number of amides is 2. The van der Waals surface area contributed by atoms with Crippen LogP contribution in [0.4, 0.5) is 4.79 Å². The van der Waals surface area contributed by atoms with Gasteiger partial charge in [-0.2, -0.15) is 0 Å². The van der Waals surface area contributed by atoms with Crippen molar-refractivity contribution >= 4 is 12.0 Å². The molecule has 1 heterocycles. The topological polar surface area (TPSA) is 88.1 Å². The summed E-state index contributed by atoms with van der Waals surface area (Å²) in [6.07, 6.45) is 0.603. The van der Waals surface area contributed by atoms with Crippen LogP contribution in [0.5, 0.6) is 11.5 Å². The van der Waals surface area contributed by atoms with Gasteiger partial charge in [0.15, 0.2) is 0 Å². The maximum absolute atomic E-state index is 12.4. The van der Waals surface area contributed by atoms with Crippen LogP contribution in [-0.2, 0) is 11.3 Å². The molecule has 0 radical (unpaired) electrons. The molecule has 0 spiro atoms. The molecule has 1 saturated heterocycles. The van der Waals surface area contributed by atoms with Crippen molar-refractivity contribution in [2.75, 3.05) is 27.3 Å². The molecule has 1 aromatic rings. The van der Waals surface area contributed by atoms with Crippen LogP contribution in [0.1, 0.15) is 18.9 Å². The predicted octanol–water partition coefficient (Wildman–Crippen LogP) is 1.96. The molecule has 1 fully saturated rings. The fourth-order valence-electron chi connectivity index (χ4n) is 2.98. The van der Waals surface area contributed by atoms with Crippen LogP contribution < -0.4 is 14.8 Å². The van der Waals surface area contributed by atoms with Gasteiger partial charge in [0.1, 0.15) is 11.5 Å². The van der Waals surface area contributed by atoms with E-state index in [0.717, 1.165) is 5.56 Å². The van der Waals surface area contributed by atoms with Crippen molar-refractivity contribution in [1.29, 1.82) is 0 Å². The predicted molar refractivity (Wildman–Crippen MR) is 88.3 cm³/mol. The van der Waals surface area contributed by atoms with Gasteiger partial charge in [-0.1, -0.05) is 6.92 Å². The second-order valence-electron chi connectivity index (χ2n) is 6.12. The van der Waals surface area contributed by atoms with E-state index >= 15 is 0 Å². The highest BCUT2D eigenvalue weighted by molar-refractivity contribution is 5.76. The number of rotatable bonds is 5. The summed E-state index contributed by atoms with van der Waals surface area (Å²) >= 11 is 0. The number of ether oxygens (including phenoxy) is 2. The van der Waals surface area contributed by atoms with Crippen LogP contribution in [0, 0.1) is 11.8 Å². The average Bonchev–Trinajstić information content (AvgIpc) is 2.58. The number of aliphatic carboxylic acids is 1. The van der Waals surface area contributed by atoms with E-state index in [0.29, 0.717) is 31.0 Å². The molecule has 2 rings (SSSR count). The molecule has 2 N–H and O–H groups in total. The summed E-state index contributed by atoms with van der Waals surface area (Å²) in [5, 5.41) is 12.0. The summed E-state index contributed by atoms with van der Waals surface area (Å²) in [4.78, 5) is 25.1. The van der Waals surface area contributed by atoms with Crippen LogP contribution in [0.25, 0.3) is 0 Å². The van der Waals surface area contributed by atoms with Gasteiger partial charge in [0.25, 0.3) is 0 Å². The Hall–Kier alpha value is -2.44. The number of carboxylic acids is 1. The van der Waals surface area contributed by atoms with Crippen molar-refractivity contribution in [2.45, 2.75) is 19.9 Å². The van der Waals surface area contributed by atoms with E-state index in [9.17, 15) is 14.7 Å². The van der Waals surface area contributed by atoms with Gasteiger partial charge in [0.05, 0.1) is 20.1 Å². The number of benzene rings is 1. The molecule has 2 atom stereocenters. The minimum atomic E-state index is -0.851. The Morgan fingerprint density at radius 1 is 1.29 bits per heavy atom. The quantitative estimate of drug-likeness (QED) is 0.858. The number of hydrogen-bond donors (Lipinski definition) is 2. The molecule has 1 aliphatic heterocycles. The maximum atomic E-state index is 12.4. The van der Waals surface area contributed by atoms with Gasteiger partial charge in [-0.05, 0) is 24.5 Å². The van der Waals surface area contributed by atoms with Crippen molar-refractivity contribution in [2.24, 2.45) is 11.8 Å². The Morgan fingerprint density at radius 2 is 2.04 bits per heavy atom. The van der Waals surface area contributed by atoms with Crippen LogP contribution in [-0.4, -0.2) is 49.3 Å². The van der Waals surface area contributed by atoms with Gasteiger partial charge >= 0.3 is 12.0 Å². The molecule has 0 bridgehead atoms. The lowest BCUT2D eigenvalue weighted by Crippen LogP contribution is -2.49. The third kappa shape index (κ3) is 4.31. The van der Waals surface area contributed by atoms with Gasteiger partial charge in [0, 0.05) is 31.3 Å². The highest BCUT2D eigenvalue weighted by Crippen LogP contribution is 2.25. The normalized spacial score (nSPS) is 20.4. The fourth-order valence-corrected chi connectivity index (χ4v) is 2.98. The lowest BCUT2D eigenvalue weighted by Gasteiger charge is -2.34. The number of nitrogens with one attached hydrogen (secondary N) is 1. The van der Waals surface area contributed by atoms with E-state index in [1.807, 2.05) is 13.0 Å². The second kappa shape index (κ2) is 7.90. The standard InChI is InChI=1S/C17H24N2O5/c1-11-6-13(16(20)21)10-19(9-11)17(22)18-8-12-4-5-14(23-2)7-15(12)24-3/h4-5,7,11,13H,6,8-10H2,1-3H3,(H,18,22)(H,20,21). The lowest BCUT2D eigenvalue weighted by molar-refractivity contribution is -0.143. The van der Waals surface area contributed by atoms with Gasteiger partial charge < -0.3 is 24.8 Å². The summed E-state index contributed by atoms with van der Waals surface area (Å²) in [6.45, 7) is 3.07. The molecule has 7 heteroatoms. The Morgan fingerprint density at radius 3 is 2.67 bits per heavy atom. The number of likely N-dealkylation sites (tertiary alicyclic amines) is 1. The molecule has 7 nitrogen and oxygen atoms in total. The molecular formula is C17H24N2O5. The number of urea groups is 1. The minimum absolute atomic E-state index is 0.168. The third-order valence-corrected chi connectivity index (χ3v) is 4.22. The molecular weight excluding hydrogens is 312 g/mol. The van der Waals surface area contributed by atoms with E-state index in [-0.39, 0.29) is 18.5 Å². The summed E-state index contributed by atoms with van der Waals surface area (Å²) in [5.41, 5.74) is 0.825. The largest absolute Gasteiger partial charge is 0.497 e. The third-order valence-electron chi connectivity index (χ3n) is 4.22. The minimum Gasteiger partial charge on any atom is -0.497 e. The molecule has 132 valence electrons. The zero-order valence-electron chi connectivity index (χ0n) is 14.2. The summed E-state index contributed by atoms with van der Waals surface area (Å²) in [7, 11) is 3.14. The van der Waals surface area contributed by atoms with Crippen LogP contribution in [0.3, 0.4) is 0 Å². The maximum Gasteiger partial charge on any atom is 0.317 e. The Bertz CT molecular complexity index is 605.